The minimum atomic E-state index is -0.863. The summed E-state index contributed by atoms with van der Waals surface area (Å²) in [5.74, 6) is 0.518. The molecule has 4 aliphatic rings. The molecule has 0 spiro atoms. The maximum Gasteiger partial charge on any atom is 0.251 e. The van der Waals surface area contributed by atoms with Crippen LogP contribution >= 0.6 is 0 Å². The first-order chi connectivity index (χ1) is 15.3. The van der Waals surface area contributed by atoms with Crippen LogP contribution in [0, 0.1) is 17.3 Å². The number of aromatic nitrogens is 1. The van der Waals surface area contributed by atoms with E-state index in [1.807, 2.05) is 12.1 Å². The summed E-state index contributed by atoms with van der Waals surface area (Å²) in [6.07, 6.45) is 16.8. The first kappa shape index (κ1) is 21.6. The lowest BCUT2D eigenvalue weighted by molar-refractivity contribution is -0.114. The van der Waals surface area contributed by atoms with Crippen LogP contribution in [0.25, 0.3) is 0 Å². The predicted octanol–water partition coefficient (Wildman–Crippen LogP) is 4.48. The zero-order chi connectivity index (χ0) is 22.5. The van der Waals surface area contributed by atoms with E-state index in [2.05, 4.69) is 54.4 Å². The second-order valence-corrected chi connectivity index (χ2v) is 10.7. The number of hydrogen-bond donors (Lipinski definition) is 2. The van der Waals surface area contributed by atoms with Crippen LogP contribution in [0.1, 0.15) is 51.9 Å². The fourth-order valence-electron chi connectivity index (χ4n) is 6.77. The lowest BCUT2D eigenvalue weighted by Crippen LogP contribution is -2.49. The van der Waals surface area contributed by atoms with Gasteiger partial charge in [0.15, 0.2) is 0 Å². The highest BCUT2D eigenvalue weighted by Gasteiger charge is 2.56. The minimum absolute atomic E-state index is 0.0336. The molecular formula is C27H35N3O2. The van der Waals surface area contributed by atoms with Crippen molar-refractivity contribution in [2.75, 3.05) is 19.4 Å². The molecule has 170 valence electrons. The number of nitrogens with zero attached hydrogens (tertiary/aromatic N) is 2. The number of amides is 1. The third kappa shape index (κ3) is 3.46. The van der Waals surface area contributed by atoms with E-state index in [1.165, 1.54) is 18.4 Å². The summed E-state index contributed by atoms with van der Waals surface area (Å²) < 4.78 is 0. The largest absolute Gasteiger partial charge is 0.385 e. The molecular weight excluding hydrogens is 398 g/mol. The lowest BCUT2D eigenvalue weighted by atomic mass is 9.59. The number of pyridine rings is 1. The Kier molecular flexibility index (Phi) is 5.37. The van der Waals surface area contributed by atoms with Crippen molar-refractivity contribution < 1.29 is 9.90 Å². The summed E-state index contributed by atoms with van der Waals surface area (Å²) >= 11 is 0. The van der Waals surface area contributed by atoms with Crippen molar-refractivity contribution in [2.24, 2.45) is 17.3 Å². The number of allylic oxidation sites excluding steroid dienone is 3. The predicted molar refractivity (Wildman–Crippen MR) is 127 cm³/mol. The van der Waals surface area contributed by atoms with Gasteiger partial charge in [-0.25, -0.2) is 0 Å². The quantitative estimate of drug-likeness (QED) is 0.737. The standard InChI is InChI=1S/C27H35N3O2/c1-26-12-11-20-15-18-6-7-22(30(2)3)16-19(18)10-13-27(20,32)24(26)9-8-23(26)25(31)29-21-5-4-14-28-17-21/h4-5,8,11,14-15,17,19,22,24,32H,6-7,9-10,12-13,16H2,1-3H3,(H,29,31)/t19?,22?,24?,26?,27-/m1/s1. The van der Waals surface area contributed by atoms with Crippen molar-refractivity contribution in [2.45, 2.75) is 63.5 Å². The monoisotopic (exact) mass is 433 g/mol. The number of nitrogens with one attached hydrogen (secondary N) is 1. The average molecular weight is 434 g/mol. The zero-order valence-corrected chi connectivity index (χ0v) is 19.5. The van der Waals surface area contributed by atoms with E-state index in [9.17, 15) is 9.90 Å². The molecule has 5 heteroatoms. The van der Waals surface area contributed by atoms with Gasteiger partial charge in [0.2, 0.25) is 0 Å². The Bertz CT molecular complexity index is 995. The van der Waals surface area contributed by atoms with Gasteiger partial charge >= 0.3 is 0 Å². The van der Waals surface area contributed by atoms with Crippen molar-refractivity contribution in [3.63, 3.8) is 0 Å². The van der Waals surface area contributed by atoms with Gasteiger partial charge in [-0.2, -0.15) is 0 Å². The number of carbonyl (C=O) groups excluding carboxylic acids is 1. The molecule has 0 aromatic carbocycles. The Labute approximate surface area is 191 Å². The molecule has 5 nitrogen and oxygen atoms in total. The summed E-state index contributed by atoms with van der Waals surface area (Å²) in [7, 11) is 4.36. The molecule has 2 N–H and O–H groups in total. The van der Waals surface area contributed by atoms with E-state index in [1.54, 1.807) is 12.4 Å². The van der Waals surface area contributed by atoms with Crippen LogP contribution in [0.5, 0.6) is 0 Å². The van der Waals surface area contributed by atoms with Gasteiger partial charge in [-0.05, 0) is 82.7 Å². The minimum Gasteiger partial charge on any atom is -0.385 e. The Balaban J connectivity index is 1.39. The fourth-order valence-corrected chi connectivity index (χ4v) is 6.77. The van der Waals surface area contributed by atoms with Crippen LogP contribution in [0.2, 0.25) is 0 Å². The number of rotatable bonds is 3. The van der Waals surface area contributed by atoms with Crippen molar-refractivity contribution >= 4 is 11.6 Å². The first-order valence-corrected chi connectivity index (χ1v) is 12.0. The van der Waals surface area contributed by atoms with Gasteiger partial charge in [-0.3, -0.25) is 9.78 Å². The zero-order valence-electron chi connectivity index (χ0n) is 19.5. The molecule has 5 atom stereocenters. The van der Waals surface area contributed by atoms with Gasteiger partial charge in [0.25, 0.3) is 5.91 Å². The summed E-state index contributed by atoms with van der Waals surface area (Å²) in [4.78, 5) is 19.6. The molecule has 1 saturated carbocycles. The highest BCUT2D eigenvalue weighted by Crippen LogP contribution is 2.59. The number of anilines is 1. The fraction of sp³-hybridized carbons (Fsp3) is 0.556. The van der Waals surface area contributed by atoms with Crippen molar-refractivity contribution in [3.8, 4) is 0 Å². The van der Waals surface area contributed by atoms with Crippen LogP contribution in [-0.2, 0) is 4.79 Å². The third-order valence-corrected chi connectivity index (χ3v) is 8.72. The van der Waals surface area contributed by atoms with Crippen molar-refractivity contribution in [3.05, 3.63) is 59.5 Å². The van der Waals surface area contributed by atoms with Gasteiger partial charge in [-0.1, -0.05) is 30.7 Å². The highest BCUT2D eigenvalue weighted by atomic mass is 16.3. The molecule has 1 fully saturated rings. The van der Waals surface area contributed by atoms with Crippen LogP contribution in [0.15, 0.2) is 59.5 Å². The molecule has 0 radical (unpaired) electrons. The van der Waals surface area contributed by atoms with E-state index in [-0.39, 0.29) is 17.2 Å². The molecule has 0 bridgehead atoms. The Morgan fingerprint density at radius 2 is 2.12 bits per heavy atom. The summed E-state index contributed by atoms with van der Waals surface area (Å²) in [5, 5.41) is 15.1. The molecule has 4 aliphatic carbocycles. The van der Waals surface area contributed by atoms with Gasteiger partial charge in [0.1, 0.15) is 0 Å². The number of fused-ring (bicyclic) bond motifs is 4. The van der Waals surface area contributed by atoms with Crippen molar-refractivity contribution in [1.29, 1.82) is 0 Å². The summed E-state index contributed by atoms with van der Waals surface area (Å²) in [6, 6.07) is 4.30. The third-order valence-electron chi connectivity index (χ3n) is 8.72. The molecule has 0 saturated heterocycles. The van der Waals surface area contributed by atoms with Crippen molar-refractivity contribution in [1.82, 2.24) is 9.88 Å². The van der Waals surface area contributed by atoms with E-state index in [0.717, 1.165) is 43.3 Å². The Hall–Kier alpha value is -2.24. The Morgan fingerprint density at radius 3 is 2.88 bits per heavy atom. The van der Waals surface area contributed by atoms with Gasteiger partial charge in [-0.15, -0.1) is 0 Å². The summed E-state index contributed by atoms with van der Waals surface area (Å²) in [6.45, 7) is 2.16. The molecule has 0 aliphatic heterocycles. The van der Waals surface area contributed by atoms with Crippen LogP contribution in [0.3, 0.4) is 0 Å². The van der Waals surface area contributed by atoms with E-state index >= 15 is 0 Å². The van der Waals surface area contributed by atoms with Crippen LogP contribution < -0.4 is 5.32 Å². The van der Waals surface area contributed by atoms with Crippen LogP contribution in [-0.4, -0.2) is 46.6 Å². The normalized spacial score (nSPS) is 36.2. The summed E-state index contributed by atoms with van der Waals surface area (Å²) in [5.41, 5.74) is 2.91. The molecule has 1 aromatic heterocycles. The molecule has 1 heterocycles. The van der Waals surface area contributed by atoms with Gasteiger partial charge in [0.05, 0.1) is 17.5 Å². The smallest absolute Gasteiger partial charge is 0.251 e. The average Bonchev–Trinajstić information content (AvgIpc) is 3.06. The topological polar surface area (TPSA) is 65.5 Å². The second kappa shape index (κ2) is 7.96. The van der Waals surface area contributed by atoms with E-state index in [4.69, 9.17) is 0 Å². The number of carbonyl (C=O) groups is 1. The highest BCUT2D eigenvalue weighted by molar-refractivity contribution is 6.05. The molecule has 4 unspecified atom stereocenters. The maximum absolute atomic E-state index is 13.2. The molecule has 5 rings (SSSR count). The molecule has 1 amide bonds. The number of hydrogen-bond acceptors (Lipinski definition) is 4. The maximum atomic E-state index is 13.2. The van der Waals surface area contributed by atoms with E-state index in [0.29, 0.717) is 17.6 Å². The first-order valence-electron chi connectivity index (χ1n) is 12.0. The lowest BCUT2D eigenvalue weighted by Gasteiger charge is -2.48. The van der Waals surface area contributed by atoms with Crippen LogP contribution in [0.4, 0.5) is 5.69 Å². The van der Waals surface area contributed by atoms with Gasteiger partial charge in [0, 0.05) is 29.1 Å². The van der Waals surface area contributed by atoms with E-state index < -0.39 is 5.60 Å². The SMILES string of the molecule is CN(C)C1CCC2=CC3=CCC4(C)C(C(=O)Nc5cccnc5)=CCC4[C@@]3(O)CCC2C1. The van der Waals surface area contributed by atoms with Gasteiger partial charge < -0.3 is 15.3 Å². The number of aliphatic hydroxyl groups is 1. The molecule has 32 heavy (non-hydrogen) atoms. The Morgan fingerprint density at radius 1 is 1.28 bits per heavy atom. The molecule has 1 aromatic rings. The second-order valence-electron chi connectivity index (χ2n) is 10.7.